The summed E-state index contributed by atoms with van der Waals surface area (Å²) in [4.78, 5) is 18.4. The van der Waals surface area contributed by atoms with Crippen LogP contribution in [0.15, 0.2) is 35.3 Å². The van der Waals surface area contributed by atoms with Gasteiger partial charge in [-0.3, -0.25) is 9.79 Å². The van der Waals surface area contributed by atoms with Crippen molar-refractivity contribution in [3.63, 3.8) is 0 Å². The first-order valence-corrected chi connectivity index (χ1v) is 7.49. The summed E-state index contributed by atoms with van der Waals surface area (Å²) < 4.78 is 0. The largest absolute Gasteiger partial charge is 0.347 e. The third kappa shape index (κ3) is 4.77. The number of guanidine groups is 1. The molecular weight excluding hydrogens is 264 g/mol. The first-order chi connectivity index (χ1) is 10.2. The molecule has 1 amide bonds. The molecule has 1 heterocycles. The van der Waals surface area contributed by atoms with Gasteiger partial charge in [-0.1, -0.05) is 25.1 Å². The molecular formula is C16H24N4O. The summed E-state index contributed by atoms with van der Waals surface area (Å²) in [5, 5.41) is 5.99. The number of nitrogens with one attached hydrogen (secondary N) is 2. The van der Waals surface area contributed by atoms with Crippen LogP contribution in [0.1, 0.15) is 19.8 Å². The zero-order chi connectivity index (χ0) is 15.1. The molecule has 0 atom stereocenters. The fraction of sp³-hybridized carbons (Fsp3) is 0.500. The van der Waals surface area contributed by atoms with Crippen LogP contribution in [-0.2, 0) is 4.79 Å². The van der Waals surface area contributed by atoms with Crippen molar-refractivity contribution in [3.8, 4) is 0 Å². The number of anilines is 1. The van der Waals surface area contributed by atoms with Gasteiger partial charge < -0.3 is 15.5 Å². The van der Waals surface area contributed by atoms with E-state index >= 15 is 0 Å². The molecule has 5 nitrogen and oxygen atoms in total. The van der Waals surface area contributed by atoms with Gasteiger partial charge in [0.25, 0.3) is 0 Å². The lowest BCUT2D eigenvalue weighted by molar-refractivity contribution is -0.115. The number of carbonyl (C=O) groups excluding carboxylic acids is 1. The highest BCUT2D eigenvalue weighted by Crippen LogP contribution is 2.15. The van der Waals surface area contributed by atoms with Gasteiger partial charge in [-0.05, 0) is 30.9 Å². The van der Waals surface area contributed by atoms with Gasteiger partial charge in [0.2, 0.25) is 5.91 Å². The lowest BCUT2D eigenvalue weighted by atomic mass is 10.00. The van der Waals surface area contributed by atoms with E-state index in [0.29, 0.717) is 0 Å². The van der Waals surface area contributed by atoms with Crippen molar-refractivity contribution < 1.29 is 4.79 Å². The van der Waals surface area contributed by atoms with Crippen LogP contribution in [0.25, 0.3) is 0 Å². The second-order valence-corrected chi connectivity index (χ2v) is 5.48. The Morgan fingerprint density at radius 3 is 2.57 bits per heavy atom. The van der Waals surface area contributed by atoms with Crippen molar-refractivity contribution in [1.82, 2.24) is 10.2 Å². The van der Waals surface area contributed by atoms with Crippen molar-refractivity contribution in [2.24, 2.45) is 10.9 Å². The Balaban J connectivity index is 1.79. The Labute approximate surface area is 126 Å². The molecule has 114 valence electrons. The summed E-state index contributed by atoms with van der Waals surface area (Å²) in [5.41, 5.74) is 0.811. The van der Waals surface area contributed by atoms with E-state index in [1.807, 2.05) is 30.3 Å². The maximum atomic E-state index is 11.9. The number of aliphatic imine (C=N–C) groups is 1. The summed E-state index contributed by atoms with van der Waals surface area (Å²) in [6.45, 7) is 4.51. The quantitative estimate of drug-likeness (QED) is 0.660. The summed E-state index contributed by atoms with van der Waals surface area (Å²) >= 11 is 0. The number of para-hydroxylation sites is 1. The Hall–Kier alpha value is -2.04. The zero-order valence-electron chi connectivity index (χ0n) is 12.8. The number of hydrogen-bond donors (Lipinski definition) is 2. The van der Waals surface area contributed by atoms with E-state index in [4.69, 9.17) is 0 Å². The number of piperidine rings is 1. The summed E-state index contributed by atoms with van der Waals surface area (Å²) in [5.74, 6) is 1.53. The first-order valence-electron chi connectivity index (χ1n) is 7.49. The molecule has 2 N–H and O–H groups in total. The normalized spacial score (nSPS) is 16.7. The van der Waals surface area contributed by atoms with Crippen molar-refractivity contribution in [2.45, 2.75) is 19.8 Å². The number of carbonyl (C=O) groups is 1. The number of hydrogen-bond acceptors (Lipinski definition) is 2. The molecule has 0 unspecified atom stereocenters. The van der Waals surface area contributed by atoms with Crippen LogP contribution in [-0.4, -0.2) is 43.4 Å². The van der Waals surface area contributed by atoms with Crippen molar-refractivity contribution in [2.75, 3.05) is 32.0 Å². The van der Waals surface area contributed by atoms with Crippen molar-refractivity contribution >= 4 is 17.6 Å². The summed E-state index contributed by atoms with van der Waals surface area (Å²) in [6, 6.07) is 9.47. The van der Waals surface area contributed by atoms with Gasteiger partial charge in [0.1, 0.15) is 0 Å². The van der Waals surface area contributed by atoms with Crippen LogP contribution >= 0.6 is 0 Å². The van der Waals surface area contributed by atoms with Crippen LogP contribution in [0.2, 0.25) is 0 Å². The van der Waals surface area contributed by atoms with Crippen LogP contribution in [0.5, 0.6) is 0 Å². The number of likely N-dealkylation sites (tertiary alicyclic amines) is 1. The molecule has 0 saturated carbocycles. The van der Waals surface area contributed by atoms with Crippen LogP contribution in [0.4, 0.5) is 5.69 Å². The van der Waals surface area contributed by atoms with Gasteiger partial charge in [-0.25, -0.2) is 0 Å². The third-order valence-corrected chi connectivity index (χ3v) is 3.76. The van der Waals surface area contributed by atoms with E-state index in [1.54, 1.807) is 7.05 Å². The predicted molar refractivity (Wildman–Crippen MR) is 86.4 cm³/mol. The molecule has 1 aliphatic heterocycles. The Kier molecular flexibility index (Phi) is 5.60. The number of amides is 1. The van der Waals surface area contributed by atoms with Gasteiger partial charge >= 0.3 is 0 Å². The van der Waals surface area contributed by atoms with E-state index < -0.39 is 0 Å². The number of benzene rings is 1. The molecule has 1 saturated heterocycles. The number of nitrogens with zero attached hydrogens (tertiary/aromatic N) is 2. The maximum absolute atomic E-state index is 11.9. The fourth-order valence-electron chi connectivity index (χ4n) is 2.44. The molecule has 1 aromatic carbocycles. The minimum Gasteiger partial charge on any atom is -0.347 e. The van der Waals surface area contributed by atoms with Crippen LogP contribution < -0.4 is 10.6 Å². The second kappa shape index (κ2) is 7.67. The molecule has 21 heavy (non-hydrogen) atoms. The predicted octanol–water partition coefficient (Wildman–Crippen LogP) is 1.93. The van der Waals surface area contributed by atoms with Crippen LogP contribution in [0.3, 0.4) is 0 Å². The van der Waals surface area contributed by atoms with Gasteiger partial charge in [0, 0.05) is 25.8 Å². The van der Waals surface area contributed by atoms with Gasteiger partial charge in [0.15, 0.2) is 5.96 Å². The molecule has 2 rings (SSSR count). The lowest BCUT2D eigenvalue weighted by Gasteiger charge is -2.32. The highest BCUT2D eigenvalue weighted by molar-refractivity contribution is 5.94. The Morgan fingerprint density at radius 2 is 1.95 bits per heavy atom. The van der Waals surface area contributed by atoms with Crippen LogP contribution in [0, 0.1) is 5.92 Å². The van der Waals surface area contributed by atoms with Crippen molar-refractivity contribution in [3.05, 3.63) is 30.3 Å². The molecule has 1 aromatic rings. The topological polar surface area (TPSA) is 56.7 Å². The van der Waals surface area contributed by atoms with E-state index in [1.165, 1.54) is 12.8 Å². The van der Waals surface area contributed by atoms with E-state index in [9.17, 15) is 4.79 Å². The Morgan fingerprint density at radius 1 is 1.29 bits per heavy atom. The van der Waals surface area contributed by atoms with E-state index in [2.05, 4.69) is 27.4 Å². The smallest absolute Gasteiger partial charge is 0.243 e. The monoisotopic (exact) mass is 288 g/mol. The molecule has 1 fully saturated rings. The average molecular weight is 288 g/mol. The highest BCUT2D eigenvalue weighted by Gasteiger charge is 2.18. The molecule has 0 radical (unpaired) electrons. The Bertz CT molecular complexity index is 478. The SMILES string of the molecule is CN=C(NCC(=O)Nc1ccccc1)N1CCC(C)CC1. The molecule has 5 heteroatoms. The van der Waals surface area contributed by atoms with E-state index in [-0.39, 0.29) is 12.5 Å². The molecule has 0 aliphatic carbocycles. The standard InChI is InChI=1S/C16H24N4O/c1-13-8-10-20(11-9-13)16(17-2)18-12-15(21)19-14-6-4-3-5-7-14/h3-7,13H,8-12H2,1-2H3,(H,17,18)(H,19,21). The molecule has 0 bridgehead atoms. The van der Waals surface area contributed by atoms with Gasteiger partial charge in [0.05, 0.1) is 6.54 Å². The minimum atomic E-state index is -0.0623. The minimum absolute atomic E-state index is 0.0623. The van der Waals surface area contributed by atoms with Gasteiger partial charge in [-0.15, -0.1) is 0 Å². The van der Waals surface area contributed by atoms with E-state index in [0.717, 1.165) is 30.7 Å². The second-order valence-electron chi connectivity index (χ2n) is 5.48. The number of rotatable bonds is 3. The first kappa shape index (κ1) is 15.4. The highest BCUT2D eigenvalue weighted by atomic mass is 16.1. The zero-order valence-corrected chi connectivity index (χ0v) is 12.8. The van der Waals surface area contributed by atoms with Crippen molar-refractivity contribution in [1.29, 1.82) is 0 Å². The third-order valence-electron chi connectivity index (χ3n) is 3.76. The fourth-order valence-corrected chi connectivity index (χ4v) is 2.44. The van der Waals surface area contributed by atoms with Gasteiger partial charge in [-0.2, -0.15) is 0 Å². The summed E-state index contributed by atoms with van der Waals surface area (Å²) in [7, 11) is 1.76. The maximum Gasteiger partial charge on any atom is 0.243 e. The summed E-state index contributed by atoms with van der Waals surface area (Å²) in [6.07, 6.45) is 2.35. The molecule has 1 aliphatic rings. The lowest BCUT2D eigenvalue weighted by Crippen LogP contribution is -2.47. The molecule has 0 aromatic heterocycles. The molecule has 0 spiro atoms. The average Bonchev–Trinajstić information content (AvgIpc) is 2.50.